The monoisotopic (exact) mass is 255 g/mol. The molecule has 2 heteroatoms. The SMILES string of the molecule is CC(C)[C@@H](CO)NC1CCCC(C(C)(C)C)CC1. The molecule has 108 valence electrons. The van der Waals surface area contributed by atoms with Crippen LogP contribution in [0.3, 0.4) is 0 Å². The molecule has 0 bridgehead atoms. The van der Waals surface area contributed by atoms with Crippen LogP contribution in [0.15, 0.2) is 0 Å². The van der Waals surface area contributed by atoms with Crippen molar-refractivity contribution in [3.05, 3.63) is 0 Å². The first-order chi connectivity index (χ1) is 8.34. The van der Waals surface area contributed by atoms with Gasteiger partial charge in [0.1, 0.15) is 0 Å². The van der Waals surface area contributed by atoms with Crippen molar-refractivity contribution in [1.29, 1.82) is 0 Å². The fraction of sp³-hybridized carbons (Fsp3) is 1.00. The second-order valence-corrected chi connectivity index (χ2v) is 7.47. The van der Waals surface area contributed by atoms with E-state index < -0.39 is 0 Å². The molecule has 0 aromatic carbocycles. The van der Waals surface area contributed by atoms with Gasteiger partial charge in [0.2, 0.25) is 0 Å². The predicted octanol–water partition coefficient (Wildman–Crippen LogP) is 3.59. The highest BCUT2D eigenvalue weighted by Crippen LogP contribution is 2.36. The molecule has 0 radical (unpaired) electrons. The minimum Gasteiger partial charge on any atom is -0.395 e. The van der Waals surface area contributed by atoms with Crippen molar-refractivity contribution in [3.8, 4) is 0 Å². The molecule has 0 amide bonds. The fourth-order valence-electron chi connectivity index (χ4n) is 3.09. The molecule has 2 N–H and O–H groups in total. The molecule has 0 aliphatic heterocycles. The lowest BCUT2D eigenvalue weighted by Crippen LogP contribution is -2.43. The Morgan fingerprint density at radius 1 is 1.11 bits per heavy atom. The molecule has 0 saturated heterocycles. The van der Waals surface area contributed by atoms with E-state index in [0.29, 0.717) is 17.4 Å². The number of aliphatic hydroxyl groups is 1. The third-order valence-corrected chi connectivity index (χ3v) is 4.64. The van der Waals surface area contributed by atoms with Crippen LogP contribution in [0.25, 0.3) is 0 Å². The first-order valence-electron chi connectivity index (χ1n) is 7.71. The number of nitrogens with one attached hydrogen (secondary N) is 1. The summed E-state index contributed by atoms with van der Waals surface area (Å²) in [5.41, 5.74) is 0.448. The number of aliphatic hydroxyl groups excluding tert-OH is 1. The molecule has 0 heterocycles. The maximum atomic E-state index is 9.42. The highest BCUT2D eigenvalue weighted by Gasteiger charge is 2.28. The van der Waals surface area contributed by atoms with Gasteiger partial charge in [0.15, 0.2) is 0 Å². The predicted molar refractivity (Wildman–Crippen MR) is 78.7 cm³/mol. The van der Waals surface area contributed by atoms with Crippen LogP contribution in [0.2, 0.25) is 0 Å². The average Bonchev–Trinajstić information content (AvgIpc) is 2.49. The molecular formula is C16H33NO. The van der Waals surface area contributed by atoms with Crippen LogP contribution in [0.1, 0.15) is 66.7 Å². The fourth-order valence-corrected chi connectivity index (χ4v) is 3.09. The summed E-state index contributed by atoms with van der Waals surface area (Å²) in [5, 5.41) is 13.1. The summed E-state index contributed by atoms with van der Waals surface area (Å²) in [4.78, 5) is 0. The van der Waals surface area contributed by atoms with Gasteiger partial charge in [-0.2, -0.15) is 0 Å². The quantitative estimate of drug-likeness (QED) is 0.753. The molecule has 2 unspecified atom stereocenters. The average molecular weight is 255 g/mol. The van der Waals surface area contributed by atoms with Crippen LogP contribution in [0, 0.1) is 17.3 Å². The summed E-state index contributed by atoms with van der Waals surface area (Å²) >= 11 is 0. The van der Waals surface area contributed by atoms with Crippen LogP contribution in [0.5, 0.6) is 0 Å². The van der Waals surface area contributed by atoms with Gasteiger partial charge < -0.3 is 10.4 Å². The Balaban J connectivity index is 2.47. The Labute approximate surface area is 114 Å². The zero-order chi connectivity index (χ0) is 13.8. The molecule has 1 fully saturated rings. The van der Waals surface area contributed by atoms with Gasteiger partial charge in [-0.05, 0) is 42.9 Å². The largest absolute Gasteiger partial charge is 0.395 e. The minimum absolute atomic E-state index is 0.261. The third-order valence-electron chi connectivity index (χ3n) is 4.64. The van der Waals surface area contributed by atoms with Crippen LogP contribution < -0.4 is 5.32 Å². The lowest BCUT2D eigenvalue weighted by atomic mass is 9.76. The van der Waals surface area contributed by atoms with Crippen molar-refractivity contribution in [1.82, 2.24) is 5.32 Å². The van der Waals surface area contributed by atoms with Crippen molar-refractivity contribution in [3.63, 3.8) is 0 Å². The van der Waals surface area contributed by atoms with Gasteiger partial charge in [0.25, 0.3) is 0 Å². The van der Waals surface area contributed by atoms with Gasteiger partial charge in [0.05, 0.1) is 6.61 Å². The topological polar surface area (TPSA) is 32.3 Å². The number of rotatable bonds is 4. The maximum Gasteiger partial charge on any atom is 0.0587 e. The first-order valence-corrected chi connectivity index (χ1v) is 7.71. The van der Waals surface area contributed by atoms with E-state index in [-0.39, 0.29) is 12.6 Å². The maximum absolute atomic E-state index is 9.42. The van der Waals surface area contributed by atoms with Gasteiger partial charge >= 0.3 is 0 Å². The van der Waals surface area contributed by atoms with E-state index in [0.717, 1.165) is 5.92 Å². The van der Waals surface area contributed by atoms with Gasteiger partial charge in [-0.3, -0.25) is 0 Å². The van der Waals surface area contributed by atoms with Crippen molar-refractivity contribution < 1.29 is 5.11 Å². The molecular weight excluding hydrogens is 222 g/mol. The smallest absolute Gasteiger partial charge is 0.0587 e. The Morgan fingerprint density at radius 2 is 1.78 bits per heavy atom. The molecule has 3 atom stereocenters. The molecule has 2 nitrogen and oxygen atoms in total. The lowest BCUT2D eigenvalue weighted by molar-refractivity contribution is 0.190. The van der Waals surface area contributed by atoms with Crippen molar-refractivity contribution in [2.75, 3.05) is 6.61 Å². The molecule has 1 aliphatic carbocycles. The second-order valence-electron chi connectivity index (χ2n) is 7.47. The molecule has 1 rings (SSSR count). The molecule has 0 spiro atoms. The molecule has 1 saturated carbocycles. The summed E-state index contributed by atoms with van der Waals surface area (Å²) in [7, 11) is 0. The Bertz CT molecular complexity index is 232. The summed E-state index contributed by atoms with van der Waals surface area (Å²) in [6.45, 7) is 11.7. The van der Waals surface area contributed by atoms with E-state index in [1.54, 1.807) is 0 Å². The van der Waals surface area contributed by atoms with E-state index in [4.69, 9.17) is 0 Å². The van der Waals surface area contributed by atoms with Crippen LogP contribution >= 0.6 is 0 Å². The summed E-state index contributed by atoms with van der Waals surface area (Å²) in [6, 6.07) is 0.873. The number of hydrogen-bond acceptors (Lipinski definition) is 2. The summed E-state index contributed by atoms with van der Waals surface area (Å²) < 4.78 is 0. The molecule has 18 heavy (non-hydrogen) atoms. The Morgan fingerprint density at radius 3 is 2.28 bits per heavy atom. The van der Waals surface area contributed by atoms with Crippen LogP contribution in [-0.2, 0) is 0 Å². The van der Waals surface area contributed by atoms with Crippen LogP contribution in [-0.4, -0.2) is 23.8 Å². The zero-order valence-corrected chi connectivity index (χ0v) is 13.0. The molecule has 0 aromatic rings. The highest BCUT2D eigenvalue weighted by atomic mass is 16.3. The van der Waals surface area contributed by atoms with E-state index in [1.807, 2.05) is 0 Å². The van der Waals surface area contributed by atoms with Gasteiger partial charge in [-0.25, -0.2) is 0 Å². The van der Waals surface area contributed by atoms with Gasteiger partial charge in [0, 0.05) is 12.1 Å². The van der Waals surface area contributed by atoms with E-state index >= 15 is 0 Å². The summed E-state index contributed by atoms with van der Waals surface area (Å²) in [6.07, 6.45) is 6.57. The van der Waals surface area contributed by atoms with Gasteiger partial charge in [-0.1, -0.05) is 41.0 Å². The normalized spacial score (nSPS) is 28.2. The first kappa shape index (κ1) is 16.0. The van der Waals surface area contributed by atoms with E-state index in [1.165, 1.54) is 32.1 Å². The Kier molecular flexibility index (Phi) is 6.13. The second kappa shape index (κ2) is 6.91. The van der Waals surface area contributed by atoms with Crippen molar-refractivity contribution in [2.24, 2.45) is 17.3 Å². The Hall–Kier alpha value is -0.0800. The van der Waals surface area contributed by atoms with Crippen LogP contribution in [0.4, 0.5) is 0 Å². The molecule has 1 aliphatic rings. The number of hydrogen-bond donors (Lipinski definition) is 2. The minimum atomic E-state index is 0.261. The lowest BCUT2D eigenvalue weighted by Gasteiger charge is -2.30. The standard InChI is InChI=1S/C16H33NO/c1-12(2)15(11-18)17-14-8-6-7-13(9-10-14)16(3,4)5/h12-15,17-18H,6-11H2,1-5H3/t13?,14?,15-/m1/s1. The highest BCUT2D eigenvalue weighted by molar-refractivity contribution is 4.83. The van der Waals surface area contributed by atoms with Crippen molar-refractivity contribution in [2.45, 2.75) is 78.8 Å². The summed E-state index contributed by atoms with van der Waals surface area (Å²) in [5.74, 6) is 1.37. The third kappa shape index (κ3) is 4.89. The van der Waals surface area contributed by atoms with Crippen molar-refractivity contribution >= 4 is 0 Å². The van der Waals surface area contributed by atoms with E-state index in [9.17, 15) is 5.11 Å². The molecule has 0 aromatic heterocycles. The zero-order valence-electron chi connectivity index (χ0n) is 13.0. The van der Waals surface area contributed by atoms with Gasteiger partial charge in [-0.15, -0.1) is 0 Å². The van der Waals surface area contributed by atoms with E-state index in [2.05, 4.69) is 39.9 Å².